The lowest BCUT2D eigenvalue weighted by Crippen LogP contribution is -2.43. The summed E-state index contributed by atoms with van der Waals surface area (Å²) in [6.45, 7) is 3.07. The van der Waals surface area contributed by atoms with E-state index in [9.17, 15) is 8.78 Å². The lowest BCUT2D eigenvalue weighted by atomic mass is 9.99. The number of guanidine groups is 1. The number of nitrogens with zero attached hydrogens (tertiary/aromatic N) is 2. The highest BCUT2D eigenvalue weighted by atomic mass is 19.3. The van der Waals surface area contributed by atoms with Gasteiger partial charge in [0.05, 0.1) is 13.7 Å². The maximum Gasteiger partial charge on any atom is 0.387 e. The van der Waals surface area contributed by atoms with Gasteiger partial charge in [0.25, 0.3) is 0 Å². The molecule has 1 heterocycles. The van der Waals surface area contributed by atoms with Crippen molar-refractivity contribution in [2.45, 2.75) is 32.9 Å². The van der Waals surface area contributed by atoms with Crippen LogP contribution in [0.3, 0.4) is 0 Å². The molecule has 0 saturated carbocycles. The number of methoxy groups -OCH3 is 1. The first-order valence-electron chi connectivity index (χ1n) is 9.34. The Hall–Kier alpha value is -2.09. The fourth-order valence-electron chi connectivity index (χ4n) is 3.20. The zero-order valence-corrected chi connectivity index (χ0v) is 16.3. The molecule has 1 saturated heterocycles. The van der Waals surface area contributed by atoms with Crippen LogP contribution < -0.4 is 20.1 Å². The van der Waals surface area contributed by atoms with Crippen LogP contribution in [0.15, 0.2) is 23.2 Å². The third-order valence-corrected chi connectivity index (χ3v) is 4.52. The first kappa shape index (κ1) is 21.2. The van der Waals surface area contributed by atoms with Crippen LogP contribution in [-0.2, 0) is 6.54 Å². The van der Waals surface area contributed by atoms with Gasteiger partial charge < -0.3 is 25.0 Å². The van der Waals surface area contributed by atoms with Crippen molar-refractivity contribution >= 4 is 5.96 Å². The highest BCUT2D eigenvalue weighted by Crippen LogP contribution is 2.26. The smallest absolute Gasteiger partial charge is 0.387 e. The van der Waals surface area contributed by atoms with Crippen LogP contribution in [0.25, 0.3) is 0 Å². The molecular weight excluding hydrogens is 354 g/mol. The Morgan fingerprint density at radius 2 is 2.19 bits per heavy atom. The number of nitrogens with one attached hydrogen (secondary N) is 2. The molecule has 6 nitrogen and oxygen atoms in total. The number of likely N-dealkylation sites (tertiary alicyclic amines) is 1. The Morgan fingerprint density at radius 3 is 2.85 bits per heavy atom. The number of aliphatic imine (C=N–C) groups is 1. The molecule has 0 aromatic heterocycles. The van der Waals surface area contributed by atoms with Crippen LogP contribution >= 0.6 is 0 Å². The molecule has 0 spiro atoms. The molecule has 1 unspecified atom stereocenters. The van der Waals surface area contributed by atoms with E-state index in [4.69, 9.17) is 4.74 Å². The Morgan fingerprint density at radius 1 is 1.37 bits per heavy atom. The summed E-state index contributed by atoms with van der Waals surface area (Å²) in [4.78, 5) is 6.87. The van der Waals surface area contributed by atoms with E-state index in [-0.39, 0.29) is 12.3 Å². The van der Waals surface area contributed by atoms with Crippen molar-refractivity contribution in [3.05, 3.63) is 23.8 Å². The van der Waals surface area contributed by atoms with E-state index in [2.05, 4.69) is 32.3 Å². The summed E-state index contributed by atoms with van der Waals surface area (Å²) in [6, 6.07) is 4.74. The topological polar surface area (TPSA) is 58.1 Å². The van der Waals surface area contributed by atoms with Crippen molar-refractivity contribution in [2.75, 3.05) is 40.3 Å². The molecule has 2 N–H and O–H groups in total. The zero-order chi connectivity index (χ0) is 19.6. The van der Waals surface area contributed by atoms with Crippen molar-refractivity contribution in [1.29, 1.82) is 0 Å². The average Bonchev–Trinajstić information content (AvgIpc) is 2.64. The van der Waals surface area contributed by atoms with Crippen LogP contribution in [0.4, 0.5) is 8.78 Å². The van der Waals surface area contributed by atoms with E-state index in [1.54, 1.807) is 12.1 Å². The normalized spacial score (nSPS) is 18.4. The van der Waals surface area contributed by atoms with Gasteiger partial charge in [-0.3, -0.25) is 0 Å². The molecule has 0 bridgehead atoms. The fourth-order valence-corrected chi connectivity index (χ4v) is 3.20. The number of benzene rings is 1. The lowest BCUT2D eigenvalue weighted by molar-refractivity contribution is -0.0504. The third kappa shape index (κ3) is 7.21. The van der Waals surface area contributed by atoms with E-state index in [1.165, 1.54) is 26.0 Å². The quantitative estimate of drug-likeness (QED) is 0.533. The number of alkyl halides is 2. The number of halogens is 2. The fraction of sp³-hybridized carbons (Fsp3) is 0.632. The number of piperidine rings is 1. The van der Waals surface area contributed by atoms with Gasteiger partial charge in [0.15, 0.2) is 5.96 Å². The third-order valence-electron chi connectivity index (χ3n) is 4.52. The SMILES string of the molecule is CCNC(=NCc1cc(OC)ccc1OC(F)F)NCC1CCCN(C)C1. The monoisotopic (exact) mass is 384 g/mol. The first-order chi connectivity index (χ1) is 13.0. The van der Waals surface area contributed by atoms with E-state index in [0.717, 1.165) is 26.2 Å². The molecule has 1 atom stereocenters. The second-order valence-corrected chi connectivity index (χ2v) is 6.70. The van der Waals surface area contributed by atoms with Gasteiger partial charge >= 0.3 is 6.61 Å². The van der Waals surface area contributed by atoms with E-state index < -0.39 is 6.61 Å². The molecule has 1 fully saturated rings. The molecule has 0 radical (unpaired) electrons. The van der Waals surface area contributed by atoms with Gasteiger partial charge in [-0.1, -0.05) is 0 Å². The van der Waals surface area contributed by atoms with Crippen LogP contribution in [0.5, 0.6) is 11.5 Å². The summed E-state index contributed by atoms with van der Waals surface area (Å²) >= 11 is 0. The number of hydrogen-bond acceptors (Lipinski definition) is 4. The molecule has 2 rings (SSSR count). The van der Waals surface area contributed by atoms with Crippen molar-refractivity contribution in [3.8, 4) is 11.5 Å². The standard InChI is InChI=1S/C19H30F2N4O2/c1-4-22-19(23-11-14-6-5-9-25(2)13-14)24-12-15-10-16(26-3)7-8-17(15)27-18(20)21/h7-8,10,14,18H,4-6,9,11-13H2,1-3H3,(H2,22,23,24). The maximum absolute atomic E-state index is 12.6. The predicted octanol–water partition coefficient (Wildman–Crippen LogP) is 2.69. The van der Waals surface area contributed by atoms with E-state index >= 15 is 0 Å². The maximum atomic E-state index is 12.6. The van der Waals surface area contributed by atoms with Crippen LogP contribution in [0, 0.1) is 5.92 Å². The number of hydrogen-bond donors (Lipinski definition) is 2. The largest absolute Gasteiger partial charge is 0.497 e. The van der Waals surface area contributed by atoms with Crippen molar-refractivity contribution in [2.24, 2.45) is 10.9 Å². The number of ether oxygens (including phenoxy) is 2. The molecule has 0 aliphatic carbocycles. The van der Waals surface area contributed by atoms with Crippen molar-refractivity contribution in [3.63, 3.8) is 0 Å². The van der Waals surface area contributed by atoms with Crippen LogP contribution in [0.2, 0.25) is 0 Å². The van der Waals surface area contributed by atoms with Gasteiger partial charge in [0.2, 0.25) is 0 Å². The minimum atomic E-state index is -2.88. The molecule has 27 heavy (non-hydrogen) atoms. The Bertz CT molecular complexity index is 613. The van der Waals surface area contributed by atoms with E-state index in [1.807, 2.05) is 6.92 Å². The highest BCUT2D eigenvalue weighted by molar-refractivity contribution is 5.79. The summed E-state index contributed by atoms with van der Waals surface area (Å²) in [7, 11) is 3.67. The van der Waals surface area contributed by atoms with Gasteiger partial charge in [0.1, 0.15) is 11.5 Å². The van der Waals surface area contributed by atoms with Crippen LogP contribution in [0.1, 0.15) is 25.3 Å². The van der Waals surface area contributed by atoms with Gasteiger partial charge in [-0.15, -0.1) is 0 Å². The van der Waals surface area contributed by atoms with Gasteiger partial charge in [-0.05, 0) is 57.5 Å². The van der Waals surface area contributed by atoms with Crippen molar-refractivity contribution < 1.29 is 18.3 Å². The molecule has 8 heteroatoms. The van der Waals surface area contributed by atoms with Gasteiger partial charge in [-0.2, -0.15) is 8.78 Å². The molecule has 152 valence electrons. The molecular formula is C19H30F2N4O2. The van der Waals surface area contributed by atoms with E-state index in [0.29, 0.717) is 23.2 Å². The Balaban J connectivity index is 2.04. The Labute approximate surface area is 159 Å². The second-order valence-electron chi connectivity index (χ2n) is 6.70. The minimum absolute atomic E-state index is 0.110. The Kier molecular flexibility index (Phi) is 8.57. The number of rotatable bonds is 8. The van der Waals surface area contributed by atoms with Gasteiger partial charge in [0, 0.05) is 25.2 Å². The van der Waals surface area contributed by atoms with Crippen LogP contribution in [-0.4, -0.2) is 57.8 Å². The summed E-state index contributed by atoms with van der Waals surface area (Å²) in [6.07, 6.45) is 2.40. The summed E-state index contributed by atoms with van der Waals surface area (Å²) in [5.74, 6) is 1.92. The molecule has 0 amide bonds. The lowest BCUT2D eigenvalue weighted by Gasteiger charge is -2.30. The molecule has 1 aliphatic heterocycles. The highest BCUT2D eigenvalue weighted by Gasteiger charge is 2.17. The van der Waals surface area contributed by atoms with Crippen molar-refractivity contribution in [1.82, 2.24) is 15.5 Å². The van der Waals surface area contributed by atoms with Gasteiger partial charge in [-0.25, -0.2) is 4.99 Å². The zero-order valence-electron chi connectivity index (χ0n) is 16.3. The predicted molar refractivity (Wildman–Crippen MR) is 103 cm³/mol. The second kappa shape index (κ2) is 10.9. The molecule has 1 aromatic carbocycles. The summed E-state index contributed by atoms with van der Waals surface area (Å²) < 4.78 is 35.1. The molecule has 1 aliphatic rings. The first-order valence-corrected chi connectivity index (χ1v) is 9.34. The summed E-state index contributed by atoms with van der Waals surface area (Å²) in [5.41, 5.74) is 0.546. The minimum Gasteiger partial charge on any atom is -0.497 e. The average molecular weight is 384 g/mol. The molecule has 1 aromatic rings. The summed E-state index contributed by atoms with van der Waals surface area (Å²) in [5, 5.41) is 6.56.